The highest BCUT2D eigenvalue weighted by Gasteiger charge is 2.44. The number of hydrogen-bond acceptors (Lipinski definition) is 5. The van der Waals surface area contributed by atoms with Crippen molar-refractivity contribution >= 4 is 12.4 Å². The smallest absolute Gasteiger partial charge is 0.233 e. The molecule has 5 nitrogen and oxygen atoms in total. The van der Waals surface area contributed by atoms with E-state index in [1.54, 1.807) is 7.11 Å². The number of hydrogen-bond donors (Lipinski definition) is 1. The molecule has 0 aromatic carbocycles. The molecule has 0 spiro atoms. The van der Waals surface area contributed by atoms with Crippen LogP contribution < -0.4 is 5.73 Å². The molecule has 0 amide bonds. The number of aromatic nitrogens is 2. The lowest BCUT2D eigenvalue weighted by molar-refractivity contribution is 0.152. The zero-order valence-corrected chi connectivity index (χ0v) is 12.9. The Balaban J connectivity index is 0.00000147. The molecule has 2 saturated carbocycles. The average Bonchev–Trinajstić information content (AvgIpc) is 3.03. The van der Waals surface area contributed by atoms with Gasteiger partial charge in [0.05, 0.1) is 11.0 Å². The Morgan fingerprint density at radius 3 is 2.45 bits per heavy atom. The highest BCUT2D eigenvalue weighted by Crippen LogP contribution is 2.44. The molecule has 0 aliphatic heterocycles. The van der Waals surface area contributed by atoms with Crippen LogP contribution in [-0.4, -0.2) is 23.9 Å². The Kier molecular flexibility index (Phi) is 4.72. The van der Waals surface area contributed by atoms with Gasteiger partial charge in [-0.05, 0) is 38.5 Å². The van der Waals surface area contributed by atoms with E-state index in [0.29, 0.717) is 5.82 Å². The van der Waals surface area contributed by atoms with E-state index in [9.17, 15) is 0 Å². The maximum absolute atomic E-state index is 6.27. The SMILES string of the molecule is COCCC1(c2nc(C3(N)CCC3)no2)CCCC1.Cl. The molecule has 114 valence electrons. The van der Waals surface area contributed by atoms with E-state index in [0.717, 1.165) is 51.0 Å². The van der Waals surface area contributed by atoms with Crippen molar-refractivity contribution in [1.82, 2.24) is 10.1 Å². The molecule has 20 heavy (non-hydrogen) atoms. The summed E-state index contributed by atoms with van der Waals surface area (Å²) in [7, 11) is 1.74. The molecule has 3 rings (SSSR count). The van der Waals surface area contributed by atoms with Crippen molar-refractivity contribution in [3.63, 3.8) is 0 Å². The fraction of sp³-hybridized carbons (Fsp3) is 0.857. The van der Waals surface area contributed by atoms with Crippen molar-refractivity contribution in [3.05, 3.63) is 11.7 Å². The van der Waals surface area contributed by atoms with Crippen LogP contribution in [0.2, 0.25) is 0 Å². The van der Waals surface area contributed by atoms with Crippen molar-refractivity contribution < 1.29 is 9.26 Å². The monoisotopic (exact) mass is 301 g/mol. The minimum Gasteiger partial charge on any atom is -0.385 e. The first kappa shape index (κ1) is 15.7. The standard InChI is InChI=1S/C14H23N3O2.ClH/c1-18-10-9-13(5-2-3-6-13)12-16-11(17-19-12)14(15)7-4-8-14;/h2-10,15H2,1H3;1H. The summed E-state index contributed by atoms with van der Waals surface area (Å²) in [6, 6.07) is 0. The molecular formula is C14H24ClN3O2. The van der Waals surface area contributed by atoms with E-state index in [1.165, 1.54) is 12.8 Å². The van der Waals surface area contributed by atoms with Crippen LogP contribution in [-0.2, 0) is 15.7 Å². The maximum atomic E-state index is 6.27. The first-order chi connectivity index (χ1) is 9.19. The van der Waals surface area contributed by atoms with Gasteiger partial charge in [-0.15, -0.1) is 12.4 Å². The third-order valence-corrected chi connectivity index (χ3v) is 4.92. The summed E-state index contributed by atoms with van der Waals surface area (Å²) in [4.78, 5) is 4.65. The molecular weight excluding hydrogens is 278 g/mol. The molecule has 0 bridgehead atoms. The molecule has 1 aromatic heterocycles. The highest BCUT2D eigenvalue weighted by molar-refractivity contribution is 5.85. The van der Waals surface area contributed by atoms with Crippen LogP contribution in [0.1, 0.15) is 63.1 Å². The lowest BCUT2D eigenvalue weighted by atomic mass is 9.77. The molecule has 0 saturated heterocycles. The van der Waals surface area contributed by atoms with E-state index in [2.05, 4.69) is 10.1 Å². The van der Waals surface area contributed by atoms with Crippen molar-refractivity contribution in [2.24, 2.45) is 5.73 Å². The van der Waals surface area contributed by atoms with Gasteiger partial charge in [0.25, 0.3) is 0 Å². The van der Waals surface area contributed by atoms with E-state index < -0.39 is 0 Å². The van der Waals surface area contributed by atoms with Gasteiger partial charge in [-0.3, -0.25) is 0 Å². The molecule has 0 unspecified atom stereocenters. The van der Waals surface area contributed by atoms with Crippen LogP contribution in [0.15, 0.2) is 4.52 Å². The summed E-state index contributed by atoms with van der Waals surface area (Å²) in [5.41, 5.74) is 5.97. The van der Waals surface area contributed by atoms with Crippen molar-refractivity contribution in [1.29, 1.82) is 0 Å². The summed E-state index contributed by atoms with van der Waals surface area (Å²) in [6.07, 6.45) is 8.77. The van der Waals surface area contributed by atoms with Gasteiger partial charge in [0, 0.05) is 13.7 Å². The Labute approximate surface area is 126 Å². The average molecular weight is 302 g/mol. The topological polar surface area (TPSA) is 74.2 Å². The minimum absolute atomic E-state index is 0. The van der Waals surface area contributed by atoms with Crippen LogP contribution in [0.3, 0.4) is 0 Å². The van der Waals surface area contributed by atoms with Crippen LogP contribution in [0.4, 0.5) is 0 Å². The number of ether oxygens (including phenoxy) is 1. The third kappa shape index (κ3) is 2.59. The molecule has 0 atom stereocenters. The van der Waals surface area contributed by atoms with Crippen LogP contribution in [0.5, 0.6) is 0 Å². The maximum Gasteiger partial charge on any atom is 0.233 e. The van der Waals surface area contributed by atoms with Crippen LogP contribution >= 0.6 is 12.4 Å². The summed E-state index contributed by atoms with van der Waals surface area (Å²) in [5.74, 6) is 1.49. The molecule has 1 aromatic rings. The van der Waals surface area contributed by atoms with Gasteiger partial charge in [0.2, 0.25) is 5.89 Å². The lowest BCUT2D eigenvalue weighted by Crippen LogP contribution is -2.44. The molecule has 0 radical (unpaired) electrons. The predicted molar refractivity (Wildman–Crippen MR) is 77.9 cm³/mol. The van der Waals surface area contributed by atoms with Gasteiger partial charge < -0.3 is 15.0 Å². The van der Waals surface area contributed by atoms with Crippen molar-refractivity contribution in [2.45, 2.75) is 62.3 Å². The van der Waals surface area contributed by atoms with Gasteiger partial charge in [-0.2, -0.15) is 4.98 Å². The summed E-state index contributed by atoms with van der Waals surface area (Å²) >= 11 is 0. The van der Waals surface area contributed by atoms with E-state index in [-0.39, 0.29) is 23.4 Å². The zero-order chi connectivity index (χ0) is 13.3. The summed E-state index contributed by atoms with van der Waals surface area (Å²) < 4.78 is 10.8. The highest BCUT2D eigenvalue weighted by atomic mass is 35.5. The molecule has 1 heterocycles. The largest absolute Gasteiger partial charge is 0.385 e. The Bertz CT molecular complexity index is 439. The zero-order valence-electron chi connectivity index (χ0n) is 12.1. The quantitative estimate of drug-likeness (QED) is 0.905. The molecule has 2 N–H and O–H groups in total. The first-order valence-electron chi connectivity index (χ1n) is 7.31. The second kappa shape index (κ2) is 6.00. The second-order valence-electron chi connectivity index (χ2n) is 6.16. The minimum atomic E-state index is -0.331. The normalized spacial score (nSPS) is 23.1. The van der Waals surface area contributed by atoms with Gasteiger partial charge in [0.15, 0.2) is 5.82 Å². The van der Waals surface area contributed by atoms with E-state index >= 15 is 0 Å². The number of nitrogens with two attached hydrogens (primary N) is 1. The summed E-state index contributed by atoms with van der Waals surface area (Å²) in [6.45, 7) is 0.742. The predicted octanol–water partition coefficient (Wildman–Crippen LogP) is 2.68. The number of rotatable bonds is 5. The van der Waals surface area contributed by atoms with Crippen LogP contribution in [0, 0.1) is 0 Å². The van der Waals surface area contributed by atoms with Crippen LogP contribution in [0.25, 0.3) is 0 Å². The Morgan fingerprint density at radius 1 is 1.20 bits per heavy atom. The lowest BCUT2D eigenvalue weighted by Gasteiger charge is -2.34. The molecule has 2 aliphatic carbocycles. The van der Waals surface area contributed by atoms with Crippen molar-refractivity contribution in [2.75, 3.05) is 13.7 Å². The first-order valence-corrected chi connectivity index (χ1v) is 7.31. The van der Waals surface area contributed by atoms with E-state index in [1.807, 2.05) is 0 Å². The number of halogens is 1. The Morgan fingerprint density at radius 2 is 1.90 bits per heavy atom. The second-order valence-corrected chi connectivity index (χ2v) is 6.16. The number of methoxy groups -OCH3 is 1. The van der Waals surface area contributed by atoms with E-state index in [4.69, 9.17) is 15.0 Å². The van der Waals surface area contributed by atoms with Gasteiger partial charge in [0.1, 0.15) is 0 Å². The fourth-order valence-electron chi connectivity index (χ4n) is 3.34. The van der Waals surface area contributed by atoms with Gasteiger partial charge in [-0.25, -0.2) is 0 Å². The number of nitrogens with zero attached hydrogens (tertiary/aromatic N) is 2. The molecule has 2 fully saturated rings. The fourth-order valence-corrected chi connectivity index (χ4v) is 3.34. The summed E-state index contributed by atoms with van der Waals surface area (Å²) in [5, 5.41) is 4.16. The Hall–Kier alpha value is -0.650. The van der Waals surface area contributed by atoms with Gasteiger partial charge >= 0.3 is 0 Å². The molecule has 2 aliphatic rings. The third-order valence-electron chi connectivity index (χ3n) is 4.92. The molecule has 6 heteroatoms. The van der Waals surface area contributed by atoms with Gasteiger partial charge in [-0.1, -0.05) is 18.0 Å². The van der Waals surface area contributed by atoms with Crippen molar-refractivity contribution in [3.8, 4) is 0 Å².